The van der Waals surface area contributed by atoms with Gasteiger partial charge in [0.15, 0.2) is 5.78 Å². The van der Waals surface area contributed by atoms with E-state index in [1.807, 2.05) is 26.0 Å². The van der Waals surface area contributed by atoms with Crippen molar-refractivity contribution in [2.45, 2.75) is 40.0 Å². The lowest BCUT2D eigenvalue weighted by Crippen LogP contribution is -2.36. The molecule has 1 aromatic carbocycles. The third-order valence-electron chi connectivity index (χ3n) is 4.65. The van der Waals surface area contributed by atoms with Crippen molar-refractivity contribution in [2.24, 2.45) is 5.92 Å². The highest BCUT2D eigenvalue weighted by atomic mass is 35.5. The zero-order valence-corrected chi connectivity index (χ0v) is 15.0. The molecule has 124 valence electrons. The quantitative estimate of drug-likeness (QED) is 0.765. The third-order valence-corrected chi connectivity index (χ3v) is 4.65. The van der Waals surface area contributed by atoms with Crippen LogP contribution in [0, 0.1) is 19.8 Å². The number of piperidine rings is 1. The molecule has 0 aromatic heterocycles. The van der Waals surface area contributed by atoms with Crippen LogP contribution in [0.3, 0.4) is 0 Å². The Bertz CT molecular complexity index is 510. The van der Waals surface area contributed by atoms with Crippen LogP contribution in [0.1, 0.15) is 47.7 Å². The monoisotopic (exact) mass is 325 g/mol. The average Bonchev–Trinajstić information content (AvgIpc) is 2.50. The number of Topliss-reactive ketones (excluding diaryl/α,β-unsaturated/α-hetero) is 1. The molecular formula is C18H28ClNO2. The maximum Gasteiger partial charge on any atom is 0.167 e. The van der Waals surface area contributed by atoms with Crippen molar-refractivity contribution in [1.82, 2.24) is 4.90 Å². The van der Waals surface area contributed by atoms with Crippen LogP contribution in [-0.4, -0.2) is 37.4 Å². The minimum Gasteiger partial charge on any atom is -0.496 e. The van der Waals surface area contributed by atoms with Crippen molar-refractivity contribution in [3.05, 3.63) is 28.8 Å². The molecule has 0 aliphatic carbocycles. The van der Waals surface area contributed by atoms with Crippen LogP contribution in [0.5, 0.6) is 5.75 Å². The number of methoxy groups -OCH3 is 1. The predicted octanol–water partition coefficient (Wildman–Crippen LogP) is 4.04. The van der Waals surface area contributed by atoms with Gasteiger partial charge in [-0.15, -0.1) is 12.4 Å². The van der Waals surface area contributed by atoms with Gasteiger partial charge < -0.3 is 9.64 Å². The number of ether oxygens (including phenoxy) is 1. The maximum atomic E-state index is 12.7. The summed E-state index contributed by atoms with van der Waals surface area (Å²) in [5.41, 5.74) is 2.95. The first kappa shape index (κ1) is 19.0. The van der Waals surface area contributed by atoms with Crippen LogP contribution >= 0.6 is 12.4 Å². The van der Waals surface area contributed by atoms with Gasteiger partial charge in [0.1, 0.15) is 5.75 Å². The number of ketones is 1. The highest BCUT2D eigenvalue weighted by Gasteiger charge is 2.22. The number of rotatable bonds is 5. The summed E-state index contributed by atoms with van der Waals surface area (Å²) in [5.74, 6) is 1.16. The Balaban J connectivity index is 0.00000242. The third kappa shape index (κ3) is 4.23. The van der Waals surface area contributed by atoms with E-state index in [0.717, 1.165) is 42.1 Å². The highest BCUT2D eigenvalue weighted by molar-refractivity contribution is 5.99. The van der Waals surface area contributed by atoms with Crippen LogP contribution in [0.25, 0.3) is 0 Å². The molecule has 1 unspecified atom stereocenters. The van der Waals surface area contributed by atoms with Crippen molar-refractivity contribution in [3.8, 4) is 5.75 Å². The molecule has 0 bridgehead atoms. The molecule has 1 aliphatic rings. The molecule has 3 nitrogen and oxygen atoms in total. The van der Waals surface area contributed by atoms with Gasteiger partial charge in [-0.05, 0) is 63.0 Å². The van der Waals surface area contributed by atoms with Gasteiger partial charge in [0.2, 0.25) is 0 Å². The SMILES string of the molecule is COc1ccc(C(=O)C(C)CN2CCCCC2)c(C)c1C.Cl. The average molecular weight is 326 g/mol. The summed E-state index contributed by atoms with van der Waals surface area (Å²) in [7, 11) is 1.67. The summed E-state index contributed by atoms with van der Waals surface area (Å²) in [6.45, 7) is 9.23. The van der Waals surface area contributed by atoms with E-state index in [4.69, 9.17) is 4.74 Å². The first-order valence-electron chi connectivity index (χ1n) is 7.95. The van der Waals surface area contributed by atoms with E-state index < -0.39 is 0 Å². The normalized spacial score (nSPS) is 16.7. The minimum absolute atomic E-state index is 0. The van der Waals surface area contributed by atoms with Gasteiger partial charge in [0.25, 0.3) is 0 Å². The van der Waals surface area contributed by atoms with Crippen LogP contribution < -0.4 is 4.74 Å². The number of hydrogen-bond donors (Lipinski definition) is 0. The molecular weight excluding hydrogens is 298 g/mol. The summed E-state index contributed by atoms with van der Waals surface area (Å²) >= 11 is 0. The number of likely N-dealkylation sites (tertiary alicyclic amines) is 1. The topological polar surface area (TPSA) is 29.5 Å². The van der Waals surface area contributed by atoms with Gasteiger partial charge in [-0.25, -0.2) is 0 Å². The molecule has 2 rings (SSSR count). The minimum atomic E-state index is 0. The Hall–Kier alpha value is -1.06. The van der Waals surface area contributed by atoms with E-state index in [0.29, 0.717) is 0 Å². The molecule has 0 saturated carbocycles. The lowest BCUT2D eigenvalue weighted by atomic mass is 9.92. The zero-order chi connectivity index (χ0) is 15.4. The molecule has 1 fully saturated rings. The summed E-state index contributed by atoms with van der Waals surface area (Å²) < 4.78 is 5.32. The largest absolute Gasteiger partial charge is 0.496 e. The fourth-order valence-corrected chi connectivity index (χ4v) is 3.16. The second-order valence-electron chi connectivity index (χ2n) is 6.19. The molecule has 1 saturated heterocycles. The summed E-state index contributed by atoms with van der Waals surface area (Å²) in [6.07, 6.45) is 3.86. The van der Waals surface area contributed by atoms with E-state index in [-0.39, 0.29) is 24.1 Å². The standard InChI is InChI=1S/C18H27NO2.ClH/c1-13(12-19-10-6-5-7-11-19)18(20)16-8-9-17(21-4)15(3)14(16)2;/h8-9,13H,5-7,10-12H2,1-4H3;1H. The van der Waals surface area contributed by atoms with Crippen molar-refractivity contribution in [3.63, 3.8) is 0 Å². The molecule has 0 amide bonds. The Labute approximate surface area is 140 Å². The van der Waals surface area contributed by atoms with Gasteiger partial charge in [-0.3, -0.25) is 4.79 Å². The first-order chi connectivity index (χ1) is 10.0. The smallest absolute Gasteiger partial charge is 0.167 e. The summed E-state index contributed by atoms with van der Waals surface area (Å²) in [5, 5.41) is 0. The number of benzene rings is 1. The van der Waals surface area contributed by atoms with E-state index >= 15 is 0 Å². The number of carbonyl (C=O) groups is 1. The van der Waals surface area contributed by atoms with Gasteiger partial charge >= 0.3 is 0 Å². The fraction of sp³-hybridized carbons (Fsp3) is 0.611. The van der Waals surface area contributed by atoms with Crippen LogP contribution in [-0.2, 0) is 0 Å². The van der Waals surface area contributed by atoms with Crippen molar-refractivity contribution >= 4 is 18.2 Å². The van der Waals surface area contributed by atoms with E-state index in [2.05, 4.69) is 11.8 Å². The highest BCUT2D eigenvalue weighted by Crippen LogP contribution is 2.26. The molecule has 1 atom stereocenters. The summed E-state index contributed by atoms with van der Waals surface area (Å²) in [4.78, 5) is 15.2. The van der Waals surface area contributed by atoms with Gasteiger partial charge in [-0.2, -0.15) is 0 Å². The van der Waals surface area contributed by atoms with E-state index in [1.165, 1.54) is 19.3 Å². The zero-order valence-electron chi connectivity index (χ0n) is 14.1. The number of nitrogens with zero attached hydrogens (tertiary/aromatic N) is 1. The maximum absolute atomic E-state index is 12.7. The Morgan fingerprint density at radius 1 is 1.18 bits per heavy atom. The van der Waals surface area contributed by atoms with E-state index in [9.17, 15) is 4.79 Å². The van der Waals surface area contributed by atoms with Gasteiger partial charge in [0, 0.05) is 18.0 Å². The second-order valence-corrected chi connectivity index (χ2v) is 6.19. The molecule has 0 spiro atoms. The van der Waals surface area contributed by atoms with Crippen LogP contribution in [0.15, 0.2) is 12.1 Å². The molecule has 1 heterocycles. The van der Waals surface area contributed by atoms with Crippen LogP contribution in [0.2, 0.25) is 0 Å². The van der Waals surface area contributed by atoms with Gasteiger partial charge in [0.05, 0.1) is 7.11 Å². The molecule has 0 N–H and O–H groups in total. The predicted molar refractivity (Wildman–Crippen MR) is 93.5 cm³/mol. The van der Waals surface area contributed by atoms with E-state index in [1.54, 1.807) is 7.11 Å². The Morgan fingerprint density at radius 3 is 2.41 bits per heavy atom. The van der Waals surface area contributed by atoms with Gasteiger partial charge in [-0.1, -0.05) is 13.3 Å². The molecule has 1 aromatic rings. The van der Waals surface area contributed by atoms with Crippen LogP contribution in [0.4, 0.5) is 0 Å². The molecule has 22 heavy (non-hydrogen) atoms. The molecule has 1 aliphatic heterocycles. The first-order valence-corrected chi connectivity index (χ1v) is 7.95. The van der Waals surface area contributed by atoms with Crippen molar-refractivity contribution in [2.75, 3.05) is 26.7 Å². The number of hydrogen-bond acceptors (Lipinski definition) is 3. The van der Waals surface area contributed by atoms with Crippen molar-refractivity contribution in [1.29, 1.82) is 0 Å². The Morgan fingerprint density at radius 2 is 1.82 bits per heavy atom. The van der Waals surface area contributed by atoms with Crippen molar-refractivity contribution < 1.29 is 9.53 Å². The lowest BCUT2D eigenvalue weighted by Gasteiger charge is -2.28. The Kier molecular flexibility index (Phi) is 7.37. The number of halogens is 1. The lowest BCUT2D eigenvalue weighted by molar-refractivity contribution is 0.0883. The summed E-state index contributed by atoms with van der Waals surface area (Å²) in [6, 6.07) is 3.82. The molecule has 4 heteroatoms. The molecule has 0 radical (unpaired) electrons. The number of carbonyl (C=O) groups excluding carboxylic acids is 1. The fourth-order valence-electron chi connectivity index (χ4n) is 3.16. The second kappa shape index (κ2) is 8.54.